The Hall–Kier alpha value is -2.24. The fourth-order valence-electron chi connectivity index (χ4n) is 1.52. The predicted molar refractivity (Wildman–Crippen MR) is 70.0 cm³/mol. The lowest BCUT2D eigenvalue weighted by Gasteiger charge is -2.12. The zero-order valence-corrected chi connectivity index (χ0v) is 10.7. The Morgan fingerprint density at radius 3 is 2.68 bits per heavy atom. The zero-order valence-electron chi connectivity index (χ0n) is 10.7. The summed E-state index contributed by atoms with van der Waals surface area (Å²) in [4.78, 5) is 10.1. The van der Waals surface area contributed by atoms with Gasteiger partial charge >= 0.3 is 0 Å². The Balaban J connectivity index is 2.08. The third kappa shape index (κ3) is 3.37. The highest BCUT2D eigenvalue weighted by molar-refractivity contribution is 5.41. The van der Waals surface area contributed by atoms with E-state index in [1.54, 1.807) is 12.3 Å². The maximum atomic E-state index is 13.4. The number of nitrogens with one attached hydrogen (secondary N) is 1. The van der Waals surface area contributed by atoms with Gasteiger partial charge in [0.05, 0.1) is 0 Å². The van der Waals surface area contributed by atoms with E-state index >= 15 is 0 Å². The third-order valence-electron chi connectivity index (χ3n) is 2.55. The maximum absolute atomic E-state index is 13.4. The van der Waals surface area contributed by atoms with E-state index in [9.17, 15) is 8.78 Å². The lowest BCUT2D eigenvalue weighted by molar-refractivity contribution is 0.574. The summed E-state index contributed by atoms with van der Waals surface area (Å²) in [5.74, 6) is -0.0321. The van der Waals surface area contributed by atoms with Crippen LogP contribution in [-0.2, 0) is 6.54 Å². The van der Waals surface area contributed by atoms with Crippen molar-refractivity contribution in [2.75, 3.05) is 24.3 Å². The molecule has 0 saturated carbocycles. The van der Waals surface area contributed by atoms with E-state index in [0.29, 0.717) is 11.5 Å². The summed E-state index contributed by atoms with van der Waals surface area (Å²) in [6.07, 6.45) is 1.62. The molecule has 0 amide bonds. The highest BCUT2D eigenvalue weighted by Gasteiger charge is 2.05. The molecular weight excluding hydrogens is 250 g/mol. The van der Waals surface area contributed by atoms with Crippen molar-refractivity contribution in [3.8, 4) is 0 Å². The first-order valence-electron chi connectivity index (χ1n) is 5.74. The summed E-state index contributed by atoms with van der Waals surface area (Å²) < 4.78 is 26.2. The van der Waals surface area contributed by atoms with Crippen LogP contribution in [0, 0.1) is 11.6 Å². The van der Waals surface area contributed by atoms with Crippen LogP contribution in [0.2, 0.25) is 0 Å². The lowest BCUT2D eigenvalue weighted by Crippen LogP contribution is -2.12. The molecule has 0 saturated heterocycles. The van der Waals surface area contributed by atoms with E-state index in [2.05, 4.69) is 15.3 Å². The van der Waals surface area contributed by atoms with Crippen molar-refractivity contribution in [1.29, 1.82) is 0 Å². The number of nitrogens with zero attached hydrogens (tertiary/aromatic N) is 3. The monoisotopic (exact) mass is 264 g/mol. The van der Waals surface area contributed by atoms with Crippen LogP contribution in [0.4, 0.5) is 20.5 Å². The van der Waals surface area contributed by atoms with Crippen molar-refractivity contribution in [2.45, 2.75) is 6.54 Å². The van der Waals surface area contributed by atoms with Crippen LogP contribution in [-0.4, -0.2) is 24.1 Å². The molecule has 0 atom stereocenters. The first kappa shape index (κ1) is 13.2. The van der Waals surface area contributed by atoms with Crippen molar-refractivity contribution in [3.05, 3.63) is 47.7 Å². The predicted octanol–water partition coefficient (Wildman–Crippen LogP) is 2.43. The highest BCUT2D eigenvalue weighted by atomic mass is 19.1. The van der Waals surface area contributed by atoms with Crippen LogP contribution >= 0.6 is 0 Å². The van der Waals surface area contributed by atoms with Crippen LogP contribution in [0.25, 0.3) is 0 Å². The summed E-state index contributed by atoms with van der Waals surface area (Å²) >= 11 is 0. The van der Waals surface area contributed by atoms with E-state index < -0.39 is 11.6 Å². The molecule has 2 aromatic rings. The maximum Gasteiger partial charge on any atom is 0.224 e. The third-order valence-corrected chi connectivity index (χ3v) is 2.55. The number of hydrogen-bond donors (Lipinski definition) is 1. The van der Waals surface area contributed by atoms with Crippen molar-refractivity contribution in [3.63, 3.8) is 0 Å². The molecule has 19 heavy (non-hydrogen) atoms. The molecule has 4 nitrogen and oxygen atoms in total. The highest BCUT2D eigenvalue weighted by Crippen LogP contribution is 2.12. The number of halogens is 2. The molecule has 1 heterocycles. The first-order chi connectivity index (χ1) is 9.06. The molecule has 1 aromatic heterocycles. The summed E-state index contributed by atoms with van der Waals surface area (Å²) in [6, 6.07) is 5.24. The van der Waals surface area contributed by atoms with Crippen LogP contribution < -0.4 is 10.2 Å². The van der Waals surface area contributed by atoms with Gasteiger partial charge < -0.3 is 10.2 Å². The molecule has 1 N–H and O–H groups in total. The van der Waals surface area contributed by atoms with Crippen LogP contribution in [0.5, 0.6) is 0 Å². The second kappa shape index (κ2) is 5.60. The average Bonchev–Trinajstić information content (AvgIpc) is 2.38. The molecule has 0 fully saturated rings. The number of hydrogen-bond acceptors (Lipinski definition) is 4. The van der Waals surface area contributed by atoms with Gasteiger partial charge in [0.25, 0.3) is 0 Å². The van der Waals surface area contributed by atoms with Crippen LogP contribution in [0.15, 0.2) is 30.5 Å². The van der Waals surface area contributed by atoms with Gasteiger partial charge in [0, 0.05) is 38.5 Å². The molecule has 0 aliphatic rings. The minimum absolute atomic E-state index is 0.197. The summed E-state index contributed by atoms with van der Waals surface area (Å²) in [5.41, 5.74) is 0.361. The van der Waals surface area contributed by atoms with Gasteiger partial charge in [0.1, 0.15) is 17.5 Å². The summed E-state index contributed by atoms with van der Waals surface area (Å²) in [6.45, 7) is 0.197. The van der Waals surface area contributed by atoms with Gasteiger partial charge in [-0.2, -0.15) is 4.98 Å². The van der Waals surface area contributed by atoms with E-state index in [-0.39, 0.29) is 6.54 Å². The Morgan fingerprint density at radius 1 is 1.21 bits per heavy atom. The number of anilines is 2. The molecule has 0 unspecified atom stereocenters. The normalized spacial score (nSPS) is 10.3. The molecular formula is C13H14F2N4. The molecule has 0 aliphatic carbocycles. The van der Waals surface area contributed by atoms with Crippen molar-refractivity contribution in [1.82, 2.24) is 9.97 Å². The van der Waals surface area contributed by atoms with Gasteiger partial charge in [-0.15, -0.1) is 0 Å². The van der Waals surface area contributed by atoms with Crippen LogP contribution in [0.1, 0.15) is 5.56 Å². The SMILES string of the molecule is CN(C)c1ccnc(NCc2ccc(F)cc2F)n1. The van der Waals surface area contributed by atoms with Gasteiger partial charge in [-0.3, -0.25) is 0 Å². The molecule has 100 valence electrons. The molecule has 0 aliphatic heterocycles. The van der Waals surface area contributed by atoms with Gasteiger partial charge in [-0.25, -0.2) is 13.8 Å². The fraction of sp³-hybridized carbons (Fsp3) is 0.231. The lowest BCUT2D eigenvalue weighted by atomic mass is 10.2. The van der Waals surface area contributed by atoms with Crippen LogP contribution in [0.3, 0.4) is 0 Å². The largest absolute Gasteiger partial charge is 0.363 e. The van der Waals surface area contributed by atoms with Gasteiger partial charge in [-0.1, -0.05) is 6.07 Å². The standard InChI is InChI=1S/C13H14F2N4/c1-19(2)12-5-6-16-13(18-12)17-8-9-3-4-10(14)7-11(9)15/h3-7H,8H2,1-2H3,(H,16,17,18). The van der Waals surface area contributed by atoms with Crippen molar-refractivity contribution < 1.29 is 8.78 Å². The topological polar surface area (TPSA) is 41.1 Å². The van der Waals surface area contributed by atoms with Gasteiger partial charge in [0.2, 0.25) is 5.95 Å². The number of aromatic nitrogens is 2. The minimum atomic E-state index is -0.591. The second-order valence-corrected chi connectivity index (χ2v) is 4.22. The molecule has 0 radical (unpaired) electrons. The number of rotatable bonds is 4. The first-order valence-corrected chi connectivity index (χ1v) is 5.74. The van der Waals surface area contributed by atoms with E-state index in [4.69, 9.17) is 0 Å². The molecule has 2 rings (SSSR count). The van der Waals surface area contributed by atoms with E-state index in [1.165, 1.54) is 12.1 Å². The van der Waals surface area contributed by atoms with Crippen molar-refractivity contribution >= 4 is 11.8 Å². The van der Waals surface area contributed by atoms with Gasteiger partial charge in [-0.05, 0) is 12.1 Å². The molecule has 0 bridgehead atoms. The quantitative estimate of drug-likeness (QED) is 0.920. The Bertz CT molecular complexity index is 572. The van der Waals surface area contributed by atoms with E-state index in [1.807, 2.05) is 19.0 Å². The summed E-state index contributed by atoms with van der Waals surface area (Å²) in [7, 11) is 3.73. The minimum Gasteiger partial charge on any atom is -0.363 e. The fourth-order valence-corrected chi connectivity index (χ4v) is 1.52. The molecule has 0 spiro atoms. The van der Waals surface area contributed by atoms with Gasteiger partial charge in [0.15, 0.2) is 0 Å². The smallest absolute Gasteiger partial charge is 0.224 e. The van der Waals surface area contributed by atoms with E-state index in [0.717, 1.165) is 11.9 Å². The Morgan fingerprint density at radius 2 is 2.00 bits per heavy atom. The van der Waals surface area contributed by atoms with Crippen molar-refractivity contribution in [2.24, 2.45) is 0 Å². The second-order valence-electron chi connectivity index (χ2n) is 4.22. The Kier molecular flexibility index (Phi) is 3.89. The Labute approximate surface area is 110 Å². The zero-order chi connectivity index (χ0) is 13.8. The summed E-state index contributed by atoms with van der Waals surface area (Å²) in [5, 5.41) is 2.91. The molecule has 6 heteroatoms. The number of benzene rings is 1. The molecule has 1 aromatic carbocycles. The average molecular weight is 264 g/mol.